The normalized spacial score (nSPS) is 23.0. The predicted octanol–water partition coefficient (Wildman–Crippen LogP) is 6.77. The summed E-state index contributed by atoms with van der Waals surface area (Å²) in [6.45, 7) is 4.91. The highest BCUT2D eigenvalue weighted by Crippen LogP contribution is 2.44. The van der Waals surface area contributed by atoms with Gasteiger partial charge >= 0.3 is 0 Å². The number of nitrogens with zero attached hydrogens (tertiary/aromatic N) is 2. The Hall–Kier alpha value is -2.61. The van der Waals surface area contributed by atoms with E-state index in [2.05, 4.69) is 4.98 Å². The lowest BCUT2D eigenvalue weighted by Gasteiger charge is -2.43. The van der Waals surface area contributed by atoms with Crippen molar-refractivity contribution in [1.29, 1.82) is 0 Å². The Morgan fingerprint density at radius 3 is 2.31 bits per heavy atom. The molecule has 0 amide bonds. The fourth-order valence-corrected chi connectivity index (χ4v) is 5.61. The van der Waals surface area contributed by atoms with Crippen LogP contribution in [0.1, 0.15) is 56.5 Å². The molecule has 0 radical (unpaired) electrons. The van der Waals surface area contributed by atoms with Crippen LogP contribution in [0.15, 0.2) is 36.4 Å². The van der Waals surface area contributed by atoms with Crippen LogP contribution < -0.4 is 4.90 Å². The molecule has 3 aromatic rings. The van der Waals surface area contributed by atoms with E-state index in [4.69, 9.17) is 0 Å². The van der Waals surface area contributed by atoms with Crippen molar-refractivity contribution in [3.05, 3.63) is 64.9 Å². The van der Waals surface area contributed by atoms with Crippen molar-refractivity contribution in [2.75, 3.05) is 24.5 Å². The third-order valence-corrected chi connectivity index (χ3v) is 7.27. The lowest BCUT2D eigenvalue weighted by Crippen LogP contribution is -2.48. The van der Waals surface area contributed by atoms with Gasteiger partial charge in [0.2, 0.25) is 0 Å². The molecule has 2 aromatic carbocycles. The number of halogens is 5. The molecule has 5 rings (SSSR count). The zero-order valence-corrected chi connectivity index (χ0v) is 20.1. The number of rotatable bonds is 4. The minimum atomic E-state index is -2.75. The first-order chi connectivity index (χ1) is 16.4. The van der Waals surface area contributed by atoms with Crippen LogP contribution in [0.25, 0.3) is 10.9 Å². The van der Waals surface area contributed by atoms with E-state index in [0.717, 1.165) is 16.5 Å². The van der Waals surface area contributed by atoms with E-state index in [1.807, 2.05) is 36.1 Å². The molecule has 3 heterocycles. The van der Waals surface area contributed by atoms with Gasteiger partial charge in [-0.2, -0.15) is 0 Å². The molecule has 8 heteroatoms. The minimum absolute atomic E-state index is 0.00449. The number of H-pyrrole nitrogens is 1. The van der Waals surface area contributed by atoms with E-state index in [1.165, 1.54) is 26.0 Å². The Morgan fingerprint density at radius 1 is 1.06 bits per heavy atom. The summed E-state index contributed by atoms with van der Waals surface area (Å²) >= 11 is 0. The Kier molecular flexibility index (Phi) is 5.86. The zero-order chi connectivity index (χ0) is 25.1. The van der Waals surface area contributed by atoms with Gasteiger partial charge in [-0.1, -0.05) is 18.2 Å². The van der Waals surface area contributed by atoms with Gasteiger partial charge in [0.15, 0.2) is 0 Å². The number of hydrogen-bond donors (Lipinski definition) is 1. The molecule has 0 saturated carbocycles. The van der Waals surface area contributed by atoms with Gasteiger partial charge in [0.05, 0.1) is 6.04 Å². The van der Waals surface area contributed by atoms with Crippen LogP contribution in [-0.4, -0.2) is 47.2 Å². The standard InChI is InChI=1S/C27H30F5N3/c1-16-12-19-18-6-4-5-7-22(18)33-24(19)25(35(16)15-26(2,3)30)23-20(28)13-17(14-21(23)29)34-10-8-27(31,32)9-11-34/h4-7,13-14,16,25,33H,8-12,15H2,1-3H3/t16-,25-/m1/s1. The van der Waals surface area contributed by atoms with Crippen LogP contribution in [0.5, 0.6) is 0 Å². The summed E-state index contributed by atoms with van der Waals surface area (Å²) < 4.78 is 73.5. The molecule has 1 aromatic heterocycles. The molecule has 188 valence electrons. The van der Waals surface area contributed by atoms with Gasteiger partial charge in [-0.25, -0.2) is 22.0 Å². The highest BCUT2D eigenvalue weighted by molar-refractivity contribution is 5.85. The molecule has 3 nitrogen and oxygen atoms in total. The second-order valence-corrected chi connectivity index (χ2v) is 10.6. The summed E-state index contributed by atoms with van der Waals surface area (Å²) in [5.74, 6) is -4.28. The van der Waals surface area contributed by atoms with Gasteiger partial charge in [0.25, 0.3) is 5.92 Å². The first-order valence-electron chi connectivity index (χ1n) is 12.1. The molecule has 1 saturated heterocycles. The van der Waals surface area contributed by atoms with Crippen LogP contribution in [0.3, 0.4) is 0 Å². The van der Waals surface area contributed by atoms with Crippen LogP contribution in [-0.2, 0) is 6.42 Å². The van der Waals surface area contributed by atoms with Crippen molar-refractivity contribution in [2.45, 2.75) is 63.7 Å². The average molecular weight is 492 g/mol. The summed E-state index contributed by atoms with van der Waals surface area (Å²) in [5, 5.41) is 0.991. The number of fused-ring (bicyclic) bond motifs is 3. The number of aromatic nitrogens is 1. The summed E-state index contributed by atoms with van der Waals surface area (Å²) in [7, 11) is 0. The Labute approximate surface area is 201 Å². The maximum absolute atomic E-state index is 15.7. The number of piperidine rings is 1. The molecule has 2 aliphatic rings. The first-order valence-corrected chi connectivity index (χ1v) is 12.1. The monoisotopic (exact) mass is 491 g/mol. The molecule has 0 aliphatic carbocycles. The number of para-hydroxylation sites is 1. The Bertz CT molecular complexity index is 1210. The number of hydrogen-bond acceptors (Lipinski definition) is 2. The zero-order valence-electron chi connectivity index (χ0n) is 20.1. The molecular formula is C27H30F5N3. The van der Waals surface area contributed by atoms with Crippen LogP contribution in [0, 0.1) is 11.6 Å². The third kappa shape index (κ3) is 4.53. The lowest BCUT2D eigenvalue weighted by molar-refractivity contribution is -0.0220. The van der Waals surface area contributed by atoms with Crippen molar-refractivity contribution >= 4 is 16.6 Å². The van der Waals surface area contributed by atoms with E-state index in [1.54, 1.807) is 4.90 Å². The summed E-state index contributed by atoms with van der Waals surface area (Å²) in [6, 6.07) is 9.14. The van der Waals surface area contributed by atoms with E-state index >= 15 is 8.78 Å². The van der Waals surface area contributed by atoms with Crippen molar-refractivity contribution in [1.82, 2.24) is 9.88 Å². The lowest BCUT2D eigenvalue weighted by atomic mass is 9.87. The van der Waals surface area contributed by atoms with Gasteiger partial charge in [-0.05, 0) is 51.0 Å². The Balaban J connectivity index is 1.61. The van der Waals surface area contributed by atoms with Crippen molar-refractivity contribution < 1.29 is 22.0 Å². The van der Waals surface area contributed by atoms with Crippen LogP contribution in [0.4, 0.5) is 27.6 Å². The molecule has 0 spiro atoms. The number of aromatic amines is 1. The van der Waals surface area contributed by atoms with Gasteiger partial charge in [-0.3, -0.25) is 4.90 Å². The second kappa shape index (κ2) is 8.50. The smallest absolute Gasteiger partial charge is 0.251 e. The van der Waals surface area contributed by atoms with Crippen LogP contribution in [0.2, 0.25) is 0 Å². The number of benzene rings is 2. The van der Waals surface area contributed by atoms with E-state index < -0.39 is 29.3 Å². The SMILES string of the molecule is C[C@@H]1Cc2c([nH]c3ccccc23)[C@@H](c2c(F)cc(N3CCC(F)(F)CC3)cc2F)N1CC(C)(C)F. The Morgan fingerprint density at radius 2 is 1.69 bits per heavy atom. The van der Waals surface area contributed by atoms with E-state index in [0.29, 0.717) is 12.1 Å². The average Bonchev–Trinajstić information content (AvgIpc) is 3.12. The minimum Gasteiger partial charge on any atom is -0.371 e. The molecular weight excluding hydrogens is 461 g/mol. The third-order valence-electron chi connectivity index (χ3n) is 7.27. The fourth-order valence-electron chi connectivity index (χ4n) is 5.61. The second-order valence-electron chi connectivity index (χ2n) is 10.6. The van der Waals surface area contributed by atoms with Crippen LogP contribution >= 0.6 is 0 Å². The first kappa shape index (κ1) is 24.1. The number of alkyl halides is 3. The number of anilines is 1. The highest BCUT2D eigenvalue weighted by Gasteiger charge is 2.41. The summed E-state index contributed by atoms with van der Waals surface area (Å²) in [4.78, 5) is 6.76. The number of nitrogens with one attached hydrogen (secondary N) is 1. The fraction of sp³-hybridized carbons (Fsp3) is 0.481. The molecule has 2 aliphatic heterocycles. The molecule has 2 atom stereocenters. The van der Waals surface area contributed by atoms with Gasteiger partial charge < -0.3 is 9.88 Å². The van der Waals surface area contributed by atoms with E-state index in [-0.39, 0.29) is 49.8 Å². The maximum atomic E-state index is 15.7. The predicted molar refractivity (Wildman–Crippen MR) is 128 cm³/mol. The molecule has 1 fully saturated rings. The molecule has 1 N–H and O–H groups in total. The van der Waals surface area contributed by atoms with Gasteiger partial charge in [0, 0.05) is 66.4 Å². The van der Waals surface area contributed by atoms with E-state index in [9.17, 15) is 13.2 Å². The summed E-state index contributed by atoms with van der Waals surface area (Å²) in [6.07, 6.45) is -0.0823. The van der Waals surface area contributed by atoms with Crippen molar-refractivity contribution in [3.63, 3.8) is 0 Å². The molecule has 0 bridgehead atoms. The van der Waals surface area contributed by atoms with Gasteiger partial charge in [-0.15, -0.1) is 0 Å². The molecule has 0 unspecified atom stereocenters. The largest absolute Gasteiger partial charge is 0.371 e. The van der Waals surface area contributed by atoms with Crippen molar-refractivity contribution in [3.8, 4) is 0 Å². The summed E-state index contributed by atoms with van der Waals surface area (Å²) in [5.41, 5.74) is 1.02. The quantitative estimate of drug-likeness (QED) is 0.407. The van der Waals surface area contributed by atoms with Crippen molar-refractivity contribution in [2.24, 2.45) is 0 Å². The van der Waals surface area contributed by atoms with Gasteiger partial charge in [0.1, 0.15) is 17.3 Å². The molecule has 35 heavy (non-hydrogen) atoms. The highest BCUT2D eigenvalue weighted by atomic mass is 19.3. The maximum Gasteiger partial charge on any atom is 0.251 e. The topological polar surface area (TPSA) is 22.3 Å².